The Hall–Kier alpha value is -3.52. The average molecular weight is 437 g/mol. The number of carbonyl (C=O) groups is 2. The average Bonchev–Trinajstić information content (AvgIpc) is 3.41. The van der Waals surface area contributed by atoms with Gasteiger partial charge in [0.1, 0.15) is 24.7 Å². The Bertz CT molecular complexity index is 1090. The molecule has 2 unspecified atom stereocenters. The molecule has 1 amide bonds. The third-order valence-electron chi connectivity index (χ3n) is 5.99. The third-order valence-corrected chi connectivity index (χ3v) is 5.99. The van der Waals surface area contributed by atoms with E-state index in [2.05, 4.69) is 0 Å². The van der Waals surface area contributed by atoms with Crippen LogP contribution in [0.25, 0.3) is 5.76 Å². The number of rotatable bonds is 4. The number of phenolic OH excluding ortho intramolecular Hbond substituents is 1. The van der Waals surface area contributed by atoms with Crippen LogP contribution in [0.1, 0.15) is 30.0 Å². The van der Waals surface area contributed by atoms with Crippen molar-refractivity contribution in [3.05, 3.63) is 59.2 Å². The van der Waals surface area contributed by atoms with Gasteiger partial charge in [0.25, 0.3) is 11.7 Å². The van der Waals surface area contributed by atoms with Gasteiger partial charge in [-0.2, -0.15) is 0 Å². The van der Waals surface area contributed by atoms with Crippen LogP contribution in [0.5, 0.6) is 17.2 Å². The molecule has 8 heteroatoms. The highest BCUT2D eigenvalue weighted by molar-refractivity contribution is 6.46. The first-order valence-corrected chi connectivity index (χ1v) is 10.6. The Balaban J connectivity index is 1.60. The summed E-state index contributed by atoms with van der Waals surface area (Å²) in [5.41, 5.74) is 0.961. The second-order valence-corrected chi connectivity index (χ2v) is 8.04. The van der Waals surface area contributed by atoms with Gasteiger partial charge in [-0.3, -0.25) is 9.59 Å². The van der Waals surface area contributed by atoms with E-state index in [1.165, 1.54) is 17.0 Å². The molecule has 2 atom stereocenters. The minimum absolute atomic E-state index is 0.00429. The van der Waals surface area contributed by atoms with Crippen molar-refractivity contribution in [2.75, 3.05) is 26.4 Å². The molecule has 8 nitrogen and oxygen atoms in total. The number of hydrogen-bond donors (Lipinski definition) is 2. The molecule has 0 spiro atoms. The van der Waals surface area contributed by atoms with E-state index in [9.17, 15) is 19.8 Å². The summed E-state index contributed by atoms with van der Waals surface area (Å²) in [5, 5.41) is 20.9. The fourth-order valence-electron chi connectivity index (χ4n) is 4.43. The van der Waals surface area contributed by atoms with Crippen LogP contribution in [0, 0.1) is 0 Å². The van der Waals surface area contributed by atoms with Crippen molar-refractivity contribution in [3.63, 3.8) is 0 Å². The van der Waals surface area contributed by atoms with Crippen molar-refractivity contribution in [3.8, 4) is 17.2 Å². The van der Waals surface area contributed by atoms with E-state index in [1.807, 2.05) is 0 Å². The molecule has 2 aromatic rings. The van der Waals surface area contributed by atoms with Gasteiger partial charge in [-0.25, -0.2) is 0 Å². The lowest BCUT2D eigenvalue weighted by Gasteiger charge is -2.27. The number of hydrogen-bond acceptors (Lipinski definition) is 7. The predicted octanol–water partition coefficient (Wildman–Crippen LogP) is 2.76. The van der Waals surface area contributed by atoms with Gasteiger partial charge in [-0.05, 0) is 48.7 Å². The van der Waals surface area contributed by atoms with Crippen molar-refractivity contribution in [1.29, 1.82) is 0 Å². The number of likely N-dealkylation sites (tertiary alicyclic amines) is 1. The SMILES string of the molecule is O=C1C(=O)N(CC2CCCO2)C(c2ccc(O)cc2)/C1=C(\O)c1ccc2c(c1)OCCO2. The van der Waals surface area contributed by atoms with E-state index in [1.54, 1.807) is 30.3 Å². The lowest BCUT2D eigenvalue weighted by atomic mass is 9.95. The zero-order valence-electron chi connectivity index (χ0n) is 17.3. The Morgan fingerprint density at radius 3 is 2.47 bits per heavy atom. The van der Waals surface area contributed by atoms with Crippen molar-refractivity contribution in [2.24, 2.45) is 0 Å². The number of phenols is 1. The molecule has 2 saturated heterocycles. The molecule has 0 aliphatic carbocycles. The van der Waals surface area contributed by atoms with E-state index < -0.39 is 17.7 Å². The van der Waals surface area contributed by atoms with Gasteiger partial charge in [-0.1, -0.05) is 12.1 Å². The number of aromatic hydroxyl groups is 1. The van der Waals surface area contributed by atoms with Crippen molar-refractivity contribution in [1.82, 2.24) is 4.90 Å². The standard InChI is InChI=1S/C24H23NO7/c26-16-6-3-14(4-7-16)21-20(23(28)24(29)25(21)13-17-2-1-9-30-17)22(27)15-5-8-18-19(12-15)32-11-10-31-18/h3-8,12,17,21,26-27H,1-2,9-11,13H2/b22-20+. The lowest BCUT2D eigenvalue weighted by Crippen LogP contribution is -2.36. The Morgan fingerprint density at radius 1 is 1.00 bits per heavy atom. The number of carbonyl (C=O) groups excluding carboxylic acids is 2. The molecule has 2 N–H and O–H groups in total. The fraction of sp³-hybridized carbons (Fsp3) is 0.333. The van der Waals surface area contributed by atoms with Gasteiger partial charge in [0.15, 0.2) is 11.5 Å². The van der Waals surface area contributed by atoms with Crippen LogP contribution in [0.4, 0.5) is 0 Å². The van der Waals surface area contributed by atoms with Crippen LogP contribution in [0.2, 0.25) is 0 Å². The largest absolute Gasteiger partial charge is 0.508 e. The van der Waals surface area contributed by atoms with E-state index in [0.29, 0.717) is 42.4 Å². The maximum atomic E-state index is 13.1. The van der Waals surface area contributed by atoms with Gasteiger partial charge in [0.05, 0.1) is 17.7 Å². The quantitative estimate of drug-likeness (QED) is 0.430. The first kappa shape index (κ1) is 20.4. The van der Waals surface area contributed by atoms with Crippen LogP contribution in [0.15, 0.2) is 48.0 Å². The zero-order chi connectivity index (χ0) is 22.2. The van der Waals surface area contributed by atoms with Crippen LogP contribution in [-0.4, -0.2) is 59.3 Å². The summed E-state index contributed by atoms with van der Waals surface area (Å²) >= 11 is 0. The van der Waals surface area contributed by atoms with E-state index in [0.717, 1.165) is 12.8 Å². The molecule has 0 bridgehead atoms. The van der Waals surface area contributed by atoms with Crippen LogP contribution < -0.4 is 9.47 Å². The molecule has 5 rings (SSSR count). The van der Waals surface area contributed by atoms with Gasteiger partial charge in [-0.15, -0.1) is 0 Å². The number of benzene rings is 2. The highest BCUT2D eigenvalue weighted by Crippen LogP contribution is 2.41. The highest BCUT2D eigenvalue weighted by Gasteiger charge is 2.47. The predicted molar refractivity (Wildman–Crippen MR) is 114 cm³/mol. The lowest BCUT2D eigenvalue weighted by molar-refractivity contribution is -0.140. The van der Waals surface area contributed by atoms with E-state index >= 15 is 0 Å². The molecule has 2 aromatic carbocycles. The smallest absolute Gasteiger partial charge is 0.295 e. The number of amides is 1. The first-order chi connectivity index (χ1) is 15.5. The molecule has 3 aliphatic rings. The third kappa shape index (κ3) is 3.56. The number of fused-ring (bicyclic) bond motifs is 1. The normalized spacial score (nSPS) is 24.2. The second-order valence-electron chi connectivity index (χ2n) is 8.04. The number of Topliss-reactive ketones (excluding diaryl/α,β-unsaturated/α-hetero) is 1. The van der Waals surface area contributed by atoms with Crippen molar-refractivity contribution in [2.45, 2.75) is 25.0 Å². The summed E-state index contributed by atoms with van der Waals surface area (Å²) in [6.07, 6.45) is 1.53. The molecule has 166 valence electrons. The second kappa shape index (κ2) is 8.20. The van der Waals surface area contributed by atoms with E-state index in [4.69, 9.17) is 14.2 Å². The van der Waals surface area contributed by atoms with Crippen LogP contribution >= 0.6 is 0 Å². The monoisotopic (exact) mass is 437 g/mol. The maximum absolute atomic E-state index is 13.1. The molecular weight excluding hydrogens is 414 g/mol. The van der Waals surface area contributed by atoms with Crippen molar-refractivity contribution < 1.29 is 34.0 Å². The molecular formula is C24H23NO7. The number of aliphatic hydroxyl groups is 1. The van der Waals surface area contributed by atoms with E-state index in [-0.39, 0.29) is 29.7 Å². The Kier molecular flexibility index (Phi) is 5.22. The van der Waals surface area contributed by atoms with Crippen molar-refractivity contribution >= 4 is 17.4 Å². The number of aliphatic hydroxyl groups excluding tert-OH is 1. The molecule has 0 aromatic heterocycles. The molecule has 0 radical (unpaired) electrons. The summed E-state index contributed by atoms with van der Waals surface area (Å²) in [6.45, 7) is 1.69. The number of ether oxygens (including phenoxy) is 3. The first-order valence-electron chi connectivity index (χ1n) is 10.6. The molecule has 32 heavy (non-hydrogen) atoms. The Morgan fingerprint density at radius 2 is 1.75 bits per heavy atom. The van der Waals surface area contributed by atoms with Gasteiger partial charge >= 0.3 is 0 Å². The highest BCUT2D eigenvalue weighted by atomic mass is 16.6. The van der Waals surface area contributed by atoms with Crippen LogP contribution in [0.3, 0.4) is 0 Å². The molecule has 0 saturated carbocycles. The molecule has 3 heterocycles. The molecule has 2 fully saturated rings. The van der Waals surface area contributed by atoms with Crippen LogP contribution in [-0.2, 0) is 14.3 Å². The minimum atomic E-state index is -0.798. The van der Waals surface area contributed by atoms with Gasteiger partial charge < -0.3 is 29.3 Å². The summed E-state index contributed by atoms with van der Waals surface area (Å²) < 4.78 is 16.8. The minimum Gasteiger partial charge on any atom is -0.508 e. The maximum Gasteiger partial charge on any atom is 0.295 e. The fourth-order valence-corrected chi connectivity index (χ4v) is 4.43. The summed E-state index contributed by atoms with van der Waals surface area (Å²) in [7, 11) is 0. The Labute approximate surface area is 184 Å². The molecule has 3 aliphatic heterocycles. The van der Waals surface area contributed by atoms with Gasteiger partial charge in [0.2, 0.25) is 0 Å². The zero-order valence-corrected chi connectivity index (χ0v) is 17.3. The summed E-state index contributed by atoms with van der Waals surface area (Å²) in [6, 6.07) is 10.4. The number of ketones is 1. The topological polar surface area (TPSA) is 106 Å². The number of nitrogens with zero attached hydrogens (tertiary/aromatic N) is 1. The summed E-state index contributed by atoms with van der Waals surface area (Å²) in [4.78, 5) is 27.5. The summed E-state index contributed by atoms with van der Waals surface area (Å²) in [5.74, 6) is -0.632. The van der Waals surface area contributed by atoms with Gasteiger partial charge in [0, 0.05) is 18.7 Å².